The van der Waals surface area contributed by atoms with Gasteiger partial charge in [-0.2, -0.15) is 0 Å². The first-order chi connectivity index (χ1) is 12.2. The van der Waals surface area contributed by atoms with Crippen molar-refractivity contribution in [3.63, 3.8) is 0 Å². The Morgan fingerprint density at radius 2 is 1.81 bits per heavy atom. The molecule has 0 aliphatic rings. The molecule has 2 rings (SSSR count). The number of amides is 2. The van der Waals surface area contributed by atoms with Crippen LogP contribution in [0, 0.1) is 0 Å². The zero-order chi connectivity index (χ0) is 19.2. The summed E-state index contributed by atoms with van der Waals surface area (Å²) in [5, 5.41) is 6.47. The number of rotatable bonds is 6. The number of urea groups is 1. The lowest BCUT2D eigenvalue weighted by atomic mass is 10.1. The fraction of sp³-hybridized carbons (Fsp3) is 0.381. The molecule has 0 bridgehead atoms. The first kappa shape index (κ1) is 20.3. The first-order valence-electron chi connectivity index (χ1n) is 8.74. The van der Waals surface area contributed by atoms with Crippen LogP contribution >= 0.6 is 11.6 Å². The van der Waals surface area contributed by atoms with Gasteiger partial charge in [0.2, 0.25) is 0 Å². The van der Waals surface area contributed by atoms with Crippen LogP contribution in [0.1, 0.15) is 50.4 Å². The molecule has 1 unspecified atom stereocenters. The SMILES string of the molecule is CC(NC(=O)NCc1cccc(COC(C)(C)C)c1)c1cccc(Cl)c1. The molecule has 140 valence electrons. The molecule has 2 aromatic carbocycles. The van der Waals surface area contributed by atoms with Crippen LogP contribution in [0.2, 0.25) is 5.02 Å². The zero-order valence-corrected chi connectivity index (χ0v) is 16.6. The third-order valence-corrected chi connectivity index (χ3v) is 4.05. The van der Waals surface area contributed by atoms with E-state index in [9.17, 15) is 4.79 Å². The van der Waals surface area contributed by atoms with Gasteiger partial charge in [-0.25, -0.2) is 4.79 Å². The standard InChI is InChI=1S/C21H27ClN2O2/c1-15(18-9-6-10-19(22)12-18)24-20(25)23-13-16-7-5-8-17(11-16)14-26-21(2,3)4/h5-12,15H,13-14H2,1-4H3,(H2,23,24,25). The number of nitrogens with one attached hydrogen (secondary N) is 2. The highest BCUT2D eigenvalue weighted by atomic mass is 35.5. The fourth-order valence-electron chi connectivity index (χ4n) is 2.42. The lowest BCUT2D eigenvalue weighted by Crippen LogP contribution is -2.36. The highest BCUT2D eigenvalue weighted by molar-refractivity contribution is 6.30. The predicted octanol–water partition coefficient (Wildman–Crippen LogP) is 5.22. The highest BCUT2D eigenvalue weighted by Crippen LogP contribution is 2.17. The molecule has 0 aliphatic carbocycles. The highest BCUT2D eigenvalue weighted by Gasteiger charge is 2.11. The number of benzene rings is 2. The third kappa shape index (κ3) is 7.06. The van der Waals surface area contributed by atoms with Crippen LogP contribution in [0.25, 0.3) is 0 Å². The van der Waals surface area contributed by atoms with Gasteiger partial charge in [0.1, 0.15) is 0 Å². The van der Waals surface area contributed by atoms with Gasteiger partial charge in [-0.15, -0.1) is 0 Å². The second kappa shape index (κ2) is 9.06. The molecule has 2 N–H and O–H groups in total. The van der Waals surface area contributed by atoms with E-state index in [1.807, 2.05) is 76.2 Å². The maximum Gasteiger partial charge on any atom is 0.315 e. The average Bonchev–Trinajstić information content (AvgIpc) is 2.58. The largest absolute Gasteiger partial charge is 0.371 e. The van der Waals surface area contributed by atoms with Crippen LogP contribution in [0.5, 0.6) is 0 Å². The molecule has 0 radical (unpaired) electrons. The van der Waals surface area contributed by atoms with Crippen LogP contribution in [-0.2, 0) is 17.9 Å². The third-order valence-electron chi connectivity index (χ3n) is 3.81. The van der Waals surface area contributed by atoms with Gasteiger partial charge in [-0.05, 0) is 56.5 Å². The maximum absolute atomic E-state index is 12.1. The van der Waals surface area contributed by atoms with Crippen LogP contribution < -0.4 is 10.6 Å². The van der Waals surface area contributed by atoms with Gasteiger partial charge in [-0.1, -0.05) is 48.0 Å². The Morgan fingerprint density at radius 1 is 1.12 bits per heavy atom. The molecule has 2 aromatic rings. The van der Waals surface area contributed by atoms with Gasteiger partial charge in [0.05, 0.1) is 18.2 Å². The number of carbonyl (C=O) groups excluding carboxylic acids is 1. The lowest BCUT2D eigenvalue weighted by molar-refractivity contribution is -0.0149. The monoisotopic (exact) mass is 374 g/mol. The molecule has 0 saturated heterocycles. The summed E-state index contributed by atoms with van der Waals surface area (Å²) in [6.07, 6.45) is 0. The Labute approximate surface area is 160 Å². The van der Waals surface area contributed by atoms with Gasteiger partial charge in [0.15, 0.2) is 0 Å². The van der Waals surface area contributed by atoms with Crippen LogP contribution in [0.15, 0.2) is 48.5 Å². The molecule has 0 heterocycles. The Hall–Kier alpha value is -2.04. The Balaban J connectivity index is 1.85. The topological polar surface area (TPSA) is 50.4 Å². The van der Waals surface area contributed by atoms with E-state index < -0.39 is 0 Å². The van der Waals surface area contributed by atoms with Crippen LogP contribution in [0.3, 0.4) is 0 Å². The molecule has 4 nitrogen and oxygen atoms in total. The lowest BCUT2D eigenvalue weighted by Gasteiger charge is -2.19. The van der Waals surface area contributed by atoms with Gasteiger partial charge in [-0.3, -0.25) is 0 Å². The molecule has 0 aromatic heterocycles. The van der Waals surface area contributed by atoms with Gasteiger partial charge < -0.3 is 15.4 Å². The minimum Gasteiger partial charge on any atom is -0.371 e. The van der Waals surface area contributed by atoms with E-state index in [0.717, 1.165) is 16.7 Å². The van der Waals surface area contributed by atoms with Crippen molar-refractivity contribution in [1.82, 2.24) is 10.6 Å². The second-order valence-corrected chi connectivity index (χ2v) is 7.76. The van der Waals surface area contributed by atoms with Crippen molar-refractivity contribution in [3.8, 4) is 0 Å². The molecular weight excluding hydrogens is 348 g/mol. The quantitative estimate of drug-likeness (QED) is 0.728. The molecule has 1 atom stereocenters. The van der Waals surface area contributed by atoms with Crippen molar-refractivity contribution in [2.75, 3.05) is 0 Å². The molecule has 26 heavy (non-hydrogen) atoms. The van der Waals surface area contributed by atoms with Crippen molar-refractivity contribution in [2.24, 2.45) is 0 Å². The van der Waals surface area contributed by atoms with E-state index in [1.54, 1.807) is 0 Å². The average molecular weight is 375 g/mol. The summed E-state index contributed by atoms with van der Waals surface area (Å²) in [7, 11) is 0. The van der Waals surface area contributed by atoms with Crippen molar-refractivity contribution >= 4 is 17.6 Å². The zero-order valence-electron chi connectivity index (χ0n) is 15.8. The summed E-state index contributed by atoms with van der Waals surface area (Å²) in [4.78, 5) is 12.1. The van der Waals surface area contributed by atoms with Crippen molar-refractivity contribution in [1.29, 1.82) is 0 Å². The van der Waals surface area contributed by atoms with E-state index >= 15 is 0 Å². The summed E-state index contributed by atoms with van der Waals surface area (Å²) in [6, 6.07) is 15.2. The number of hydrogen-bond acceptors (Lipinski definition) is 2. The van der Waals surface area contributed by atoms with Crippen molar-refractivity contribution in [2.45, 2.75) is 52.5 Å². The van der Waals surface area contributed by atoms with Gasteiger partial charge in [0, 0.05) is 11.6 Å². The van der Waals surface area contributed by atoms with E-state index in [-0.39, 0.29) is 17.7 Å². The van der Waals surface area contributed by atoms with Gasteiger partial charge >= 0.3 is 6.03 Å². The summed E-state index contributed by atoms with van der Waals surface area (Å²) >= 11 is 6.00. The Morgan fingerprint density at radius 3 is 2.50 bits per heavy atom. The van der Waals surface area contributed by atoms with Crippen molar-refractivity contribution in [3.05, 3.63) is 70.2 Å². The summed E-state index contributed by atoms with van der Waals surface area (Å²) in [5.41, 5.74) is 2.91. The summed E-state index contributed by atoms with van der Waals surface area (Å²) < 4.78 is 5.80. The number of ether oxygens (including phenoxy) is 1. The van der Waals surface area contributed by atoms with E-state index in [0.29, 0.717) is 18.2 Å². The van der Waals surface area contributed by atoms with Crippen LogP contribution in [0.4, 0.5) is 4.79 Å². The molecule has 0 saturated carbocycles. The molecular formula is C21H27ClN2O2. The van der Waals surface area contributed by atoms with E-state index in [1.165, 1.54) is 0 Å². The van der Waals surface area contributed by atoms with E-state index in [4.69, 9.17) is 16.3 Å². The molecule has 0 aliphatic heterocycles. The summed E-state index contributed by atoms with van der Waals surface area (Å²) in [6.45, 7) is 9.03. The minimum atomic E-state index is -0.214. The minimum absolute atomic E-state index is 0.125. The molecule has 0 fully saturated rings. The molecule has 0 spiro atoms. The number of halogens is 1. The Bertz CT molecular complexity index is 741. The fourth-order valence-corrected chi connectivity index (χ4v) is 2.62. The second-order valence-electron chi connectivity index (χ2n) is 7.32. The van der Waals surface area contributed by atoms with Crippen molar-refractivity contribution < 1.29 is 9.53 Å². The van der Waals surface area contributed by atoms with Crippen LogP contribution in [-0.4, -0.2) is 11.6 Å². The number of hydrogen-bond donors (Lipinski definition) is 2. The predicted molar refractivity (Wildman–Crippen MR) is 106 cm³/mol. The van der Waals surface area contributed by atoms with Gasteiger partial charge in [0.25, 0.3) is 0 Å². The molecule has 5 heteroatoms. The number of carbonyl (C=O) groups is 1. The molecule has 2 amide bonds. The summed E-state index contributed by atoms with van der Waals surface area (Å²) in [5.74, 6) is 0. The first-order valence-corrected chi connectivity index (χ1v) is 9.12. The Kier molecular flexibility index (Phi) is 7.06. The normalized spacial score (nSPS) is 12.5. The van der Waals surface area contributed by atoms with E-state index in [2.05, 4.69) is 10.6 Å². The maximum atomic E-state index is 12.1. The smallest absolute Gasteiger partial charge is 0.315 e.